The predicted octanol–water partition coefficient (Wildman–Crippen LogP) is 3.23. The Morgan fingerprint density at radius 2 is 1.71 bits per heavy atom. The van der Waals surface area contributed by atoms with Crippen LogP contribution in [0.5, 0.6) is 5.75 Å². The van der Waals surface area contributed by atoms with Crippen LogP contribution in [0.1, 0.15) is 25.7 Å². The van der Waals surface area contributed by atoms with Gasteiger partial charge in [-0.1, -0.05) is 12.8 Å². The molecule has 1 aromatic carbocycles. The molecule has 0 atom stereocenters. The summed E-state index contributed by atoms with van der Waals surface area (Å²) in [6, 6.07) is 7.84. The van der Waals surface area contributed by atoms with Gasteiger partial charge in [0.25, 0.3) is 0 Å². The minimum Gasteiger partial charge on any atom is -0.497 e. The van der Waals surface area contributed by atoms with Crippen LogP contribution in [0.3, 0.4) is 0 Å². The summed E-state index contributed by atoms with van der Waals surface area (Å²) in [4.78, 5) is 6.81. The van der Waals surface area contributed by atoms with Gasteiger partial charge in [-0.25, -0.2) is 4.99 Å². The molecule has 0 amide bonds. The van der Waals surface area contributed by atoms with E-state index in [1.807, 2.05) is 30.6 Å². The van der Waals surface area contributed by atoms with Gasteiger partial charge < -0.3 is 9.64 Å². The Balaban J connectivity index is 1.93. The maximum absolute atomic E-state index is 5.12. The van der Waals surface area contributed by atoms with E-state index in [9.17, 15) is 0 Å². The van der Waals surface area contributed by atoms with E-state index in [1.54, 1.807) is 7.11 Å². The van der Waals surface area contributed by atoms with Crippen LogP contribution in [0.15, 0.2) is 29.3 Å². The number of benzene rings is 1. The third-order valence-electron chi connectivity index (χ3n) is 3.08. The summed E-state index contributed by atoms with van der Waals surface area (Å²) in [5.41, 5.74) is 0.982. The maximum atomic E-state index is 5.12. The smallest absolute Gasteiger partial charge is 0.119 e. The molecule has 1 heterocycles. The molecule has 3 nitrogen and oxygen atoms in total. The van der Waals surface area contributed by atoms with Crippen molar-refractivity contribution in [2.75, 3.05) is 20.2 Å². The molecule has 0 bridgehead atoms. The minimum atomic E-state index is 0.874. The first-order valence-corrected chi connectivity index (χ1v) is 6.31. The van der Waals surface area contributed by atoms with Crippen molar-refractivity contribution in [3.63, 3.8) is 0 Å². The lowest BCUT2D eigenvalue weighted by molar-refractivity contribution is 0.415. The first-order valence-electron chi connectivity index (χ1n) is 6.31. The Labute approximate surface area is 103 Å². The summed E-state index contributed by atoms with van der Waals surface area (Å²) in [5, 5.41) is 0. The quantitative estimate of drug-likeness (QED) is 0.590. The van der Waals surface area contributed by atoms with Gasteiger partial charge in [-0.3, -0.25) is 0 Å². The van der Waals surface area contributed by atoms with Crippen LogP contribution in [0.25, 0.3) is 0 Å². The molecule has 0 aromatic heterocycles. The Kier molecular flexibility index (Phi) is 4.42. The van der Waals surface area contributed by atoms with Crippen molar-refractivity contribution in [2.24, 2.45) is 4.99 Å². The topological polar surface area (TPSA) is 24.8 Å². The van der Waals surface area contributed by atoms with E-state index < -0.39 is 0 Å². The molecule has 2 rings (SSSR count). The normalized spacial score (nSPS) is 17.1. The molecule has 3 heteroatoms. The van der Waals surface area contributed by atoms with Gasteiger partial charge in [-0.05, 0) is 37.1 Å². The van der Waals surface area contributed by atoms with Crippen LogP contribution in [-0.4, -0.2) is 31.4 Å². The van der Waals surface area contributed by atoms with Gasteiger partial charge in [0.2, 0.25) is 0 Å². The fraction of sp³-hybridized carbons (Fsp3) is 0.500. The molecule has 1 fully saturated rings. The lowest BCUT2D eigenvalue weighted by atomic mass is 10.2. The van der Waals surface area contributed by atoms with Crippen LogP contribution >= 0.6 is 0 Å². The molecule has 0 saturated carbocycles. The lowest BCUT2D eigenvalue weighted by Crippen LogP contribution is -2.22. The highest BCUT2D eigenvalue weighted by Crippen LogP contribution is 2.17. The summed E-state index contributed by atoms with van der Waals surface area (Å²) in [5.74, 6) is 0.874. The Hall–Kier alpha value is -1.51. The summed E-state index contributed by atoms with van der Waals surface area (Å²) >= 11 is 0. The SMILES string of the molecule is COc1ccc(N=CN2CCCCCC2)cc1. The van der Waals surface area contributed by atoms with Crippen molar-refractivity contribution in [2.45, 2.75) is 25.7 Å². The van der Waals surface area contributed by atoms with E-state index in [1.165, 1.54) is 25.7 Å². The predicted molar refractivity (Wildman–Crippen MR) is 71.2 cm³/mol. The van der Waals surface area contributed by atoms with Gasteiger partial charge in [0.15, 0.2) is 0 Å². The lowest BCUT2D eigenvalue weighted by Gasteiger charge is -2.15. The summed E-state index contributed by atoms with van der Waals surface area (Å²) in [6.45, 7) is 2.28. The Bertz CT molecular complexity index is 351. The third kappa shape index (κ3) is 3.77. The van der Waals surface area contributed by atoms with E-state index in [-0.39, 0.29) is 0 Å². The number of aliphatic imine (C=N–C) groups is 1. The van der Waals surface area contributed by atoms with E-state index >= 15 is 0 Å². The van der Waals surface area contributed by atoms with Gasteiger partial charge in [0, 0.05) is 13.1 Å². The van der Waals surface area contributed by atoms with Gasteiger partial charge in [0.1, 0.15) is 5.75 Å². The Morgan fingerprint density at radius 1 is 1.06 bits per heavy atom. The molecular formula is C14H20N2O. The van der Waals surface area contributed by atoms with Crippen LogP contribution in [0, 0.1) is 0 Å². The van der Waals surface area contributed by atoms with Gasteiger partial charge in [-0.2, -0.15) is 0 Å². The summed E-state index contributed by atoms with van der Waals surface area (Å²) in [7, 11) is 1.68. The van der Waals surface area contributed by atoms with E-state index in [2.05, 4.69) is 9.89 Å². The zero-order valence-corrected chi connectivity index (χ0v) is 10.4. The first-order chi connectivity index (χ1) is 8.38. The maximum Gasteiger partial charge on any atom is 0.119 e. The molecule has 1 aliphatic rings. The summed E-state index contributed by atoms with van der Waals surface area (Å²) in [6.07, 6.45) is 7.26. The highest BCUT2D eigenvalue weighted by molar-refractivity contribution is 5.61. The van der Waals surface area contributed by atoms with Crippen LogP contribution in [0.2, 0.25) is 0 Å². The van der Waals surface area contributed by atoms with Gasteiger partial charge >= 0.3 is 0 Å². The van der Waals surface area contributed by atoms with Crippen molar-refractivity contribution >= 4 is 12.0 Å². The number of ether oxygens (including phenoxy) is 1. The largest absolute Gasteiger partial charge is 0.497 e. The van der Waals surface area contributed by atoms with Gasteiger partial charge in [-0.15, -0.1) is 0 Å². The molecule has 17 heavy (non-hydrogen) atoms. The van der Waals surface area contributed by atoms with Crippen molar-refractivity contribution < 1.29 is 4.74 Å². The van der Waals surface area contributed by atoms with E-state index in [0.29, 0.717) is 0 Å². The Morgan fingerprint density at radius 3 is 2.29 bits per heavy atom. The van der Waals surface area contributed by atoms with Gasteiger partial charge in [0.05, 0.1) is 19.1 Å². The number of likely N-dealkylation sites (tertiary alicyclic amines) is 1. The molecule has 0 radical (unpaired) electrons. The minimum absolute atomic E-state index is 0.874. The van der Waals surface area contributed by atoms with E-state index in [0.717, 1.165) is 24.5 Å². The zero-order valence-electron chi connectivity index (χ0n) is 10.4. The fourth-order valence-corrected chi connectivity index (χ4v) is 2.03. The molecule has 0 unspecified atom stereocenters. The molecule has 0 spiro atoms. The second kappa shape index (κ2) is 6.28. The monoisotopic (exact) mass is 232 g/mol. The zero-order chi connectivity index (χ0) is 11.9. The molecule has 0 aliphatic carbocycles. The van der Waals surface area contributed by atoms with Crippen molar-refractivity contribution in [3.8, 4) is 5.75 Å². The molecule has 1 aromatic rings. The highest BCUT2D eigenvalue weighted by atomic mass is 16.5. The number of hydrogen-bond acceptors (Lipinski definition) is 2. The standard InChI is InChI=1S/C14H20N2O/c1-17-14-8-6-13(7-9-14)15-12-16-10-4-2-3-5-11-16/h6-9,12H,2-5,10-11H2,1H3. The molecule has 1 aliphatic heterocycles. The number of nitrogens with zero attached hydrogens (tertiary/aromatic N) is 2. The fourth-order valence-electron chi connectivity index (χ4n) is 2.03. The molecule has 0 N–H and O–H groups in total. The van der Waals surface area contributed by atoms with Crippen molar-refractivity contribution in [3.05, 3.63) is 24.3 Å². The van der Waals surface area contributed by atoms with Crippen LogP contribution in [-0.2, 0) is 0 Å². The highest BCUT2D eigenvalue weighted by Gasteiger charge is 2.04. The third-order valence-corrected chi connectivity index (χ3v) is 3.08. The van der Waals surface area contributed by atoms with E-state index in [4.69, 9.17) is 4.74 Å². The van der Waals surface area contributed by atoms with Crippen LogP contribution < -0.4 is 4.74 Å². The number of rotatable bonds is 3. The first kappa shape index (κ1) is 12.0. The second-order valence-corrected chi connectivity index (χ2v) is 4.39. The molecular weight excluding hydrogens is 212 g/mol. The molecule has 1 saturated heterocycles. The summed E-state index contributed by atoms with van der Waals surface area (Å²) < 4.78 is 5.12. The number of hydrogen-bond donors (Lipinski definition) is 0. The molecule has 92 valence electrons. The average molecular weight is 232 g/mol. The average Bonchev–Trinajstić information content (AvgIpc) is 2.65. The number of methoxy groups -OCH3 is 1. The van der Waals surface area contributed by atoms with Crippen LogP contribution in [0.4, 0.5) is 5.69 Å². The second-order valence-electron chi connectivity index (χ2n) is 4.39. The van der Waals surface area contributed by atoms with Crippen molar-refractivity contribution in [1.29, 1.82) is 0 Å². The van der Waals surface area contributed by atoms with Crippen molar-refractivity contribution in [1.82, 2.24) is 4.90 Å².